The van der Waals surface area contributed by atoms with Crippen LogP contribution in [0.3, 0.4) is 0 Å². The number of ether oxygens (including phenoxy) is 2. The third-order valence-electron chi connectivity index (χ3n) is 5.47. The maximum absolute atomic E-state index is 6.04. The van der Waals surface area contributed by atoms with Crippen molar-refractivity contribution in [2.24, 2.45) is 0 Å². The lowest BCUT2D eigenvalue weighted by molar-refractivity contribution is 0.290. The lowest BCUT2D eigenvalue weighted by Gasteiger charge is -2.33. The molecule has 29 heavy (non-hydrogen) atoms. The van der Waals surface area contributed by atoms with Gasteiger partial charge in [-0.25, -0.2) is 0 Å². The number of aromatic nitrogens is 3. The first-order valence-electron chi connectivity index (χ1n) is 9.84. The predicted molar refractivity (Wildman–Crippen MR) is 111 cm³/mol. The van der Waals surface area contributed by atoms with Gasteiger partial charge in [-0.1, -0.05) is 12.1 Å². The molecule has 0 spiro atoms. The number of pyridine rings is 1. The zero-order valence-electron chi connectivity index (χ0n) is 16.6. The van der Waals surface area contributed by atoms with Crippen LogP contribution < -0.4 is 19.7 Å². The topological polar surface area (TPSA) is 72.4 Å². The van der Waals surface area contributed by atoms with Gasteiger partial charge in [-0.15, -0.1) is 5.10 Å². The molecular weight excluding hydrogens is 366 g/mol. The van der Waals surface area contributed by atoms with E-state index < -0.39 is 0 Å². The summed E-state index contributed by atoms with van der Waals surface area (Å²) in [5.41, 5.74) is 5.36. The quantitative estimate of drug-likeness (QED) is 0.738. The van der Waals surface area contributed by atoms with Gasteiger partial charge in [0.2, 0.25) is 11.8 Å². The van der Waals surface area contributed by atoms with Crippen molar-refractivity contribution in [2.75, 3.05) is 31.6 Å². The Balaban J connectivity index is 1.46. The summed E-state index contributed by atoms with van der Waals surface area (Å²) in [6.07, 6.45) is 1.74. The maximum atomic E-state index is 6.04. The molecule has 1 saturated heterocycles. The molecule has 148 valence electrons. The van der Waals surface area contributed by atoms with Crippen LogP contribution in [0.1, 0.15) is 12.5 Å². The van der Waals surface area contributed by atoms with Gasteiger partial charge in [-0.3, -0.25) is 0 Å². The van der Waals surface area contributed by atoms with Crippen LogP contribution in [0.25, 0.3) is 22.3 Å². The molecule has 2 aliphatic heterocycles. The van der Waals surface area contributed by atoms with E-state index in [4.69, 9.17) is 14.5 Å². The summed E-state index contributed by atoms with van der Waals surface area (Å²) in [6, 6.07) is 12.9. The van der Waals surface area contributed by atoms with Crippen molar-refractivity contribution in [3.8, 4) is 34.0 Å². The van der Waals surface area contributed by atoms with Gasteiger partial charge >= 0.3 is 0 Å². The van der Waals surface area contributed by atoms with E-state index in [0.717, 1.165) is 53.3 Å². The number of nitrogens with zero attached hydrogens (tertiary/aromatic N) is 4. The number of methoxy groups -OCH3 is 1. The molecule has 1 N–H and O–H groups in total. The molecular formula is C22H23N5O2. The van der Waals surface area contributed by atoms with Gasteiger partial charge in [0.25, 0.3) is 0 Å². The van der Waals surface area contributed by atoms with Crippen molar-refractivity contribution >= 4 is 5.82 Å². The normalized spacial score (nSPS) is 17.9. The molecule has 0 bridgehead atoms. The number of rotatable bonds is 3. The molecule has 7 nitrogen and oxygen atoms in total. The van der Waals surface area contributed by atoms with Gasteiger partial charge in [-0.05, 0) is 41.8 Å². The second-order valence-corrected chi connectivity index (χ2v) is 7.47. The molecule has 1 atom stereocenters. The van der Waals surface area contributed by atoms with E-state index >= 15 is 0 Å². The molecule has 3 aromatic rings. The van der Waals surface area contributed by atoms with Crippen LogP contribution in [0, 0.1) is 0 Å². The van der Waals surface area contributed by atoms with Crippen molar-refractivity contribution < 1.29 is 9.47 Å². The van der Waals surface area contributed by atoms with Crippen LogP contribution in [0.4, 0.5) is 5.82 Å². The summed E-state index contributed by atoms with van der Waals surface area (Å²) in [4.78, 5) is 7.13. The van der Waals surface area contributed by atoms with E-state index in [2.05, 4.69) is 57.7 Å². The second-order valence-electron chi connectivity index (χ2n) is 7.47. The van der Waals surface area contributed by atoms with Gasteiger partial charge in [0.05, 0.1) is 13.3 Å². The minimum atomic E-state index is 0.461. The van der Waals surface area contributed by atoms with E-state index in [1.807, 2.05) is 6.07 Å². The van der Waals surface area contributed by atoms with E-state index in [1.54, 1.807) is 13.3 Å². The number of nitrogens with one attached hydrogen (secondary N) is 1. The van der Waals surface area contributed by atoms with Crippen molar-refractivity contribution in [1.82, 2.24) is 20.5 Å². The van der Waals surface area contributed by atoms with Crippen molar-refractivity contribution in [1.29, 1.82) is 0 Å². The highest BCUT2D eigenvalue weighted by molar-refractivity contribution is 5.78. The fourth-order valence-electron chi connectivity index (χ4n) is 3.97. The monoisotopic (exact) mass is 389 g/mol. The van der Waals surface area contributed by atoms with Crippen LogP contribution in [-0.4, -0.2) is 48.0 Å². The molecule has 0 radical (unpaired) electrons. The molecule has 5 rings (SSSR count). The Morgan fingerprint density at radius 1 is 1.14 bits per heavy atom. The molecule has 0 unspecified atom stereocenters. The van der Waals surface area contributed by atoms with Crippen molar-refractivity contribution in [2.45, 2.75) is 19.6 Å². The van der Waals surface area contributed by atoms with E-state index in [-0.39, 0.29) is 0 Å². The number of hydrogen-bond donors (Lipinski definition) is 1. The lowest BCUT2D eigenvalue weighted by atomic mass is 9.95. The molecule has 7 heteroatoms. The first kappa shape index (κ1) is 17.9. The fourth-order valence-corrected chi connectivity index (χ4v) is 3.97. The molecule has 1 aromatic carbocycles. The highest BCUT2D eigenvalue weighted by atomic mass is 16.5. The lowest BCUT2D eigenvalue weighted by Crippen LogP contribution is -2.49. The Morgan fingerprint density at radius 3 is 2.90 bits per heavy atom. The van der Waals surface area contributed by atoms with Gasteiger partial charge in [0.1, 0.15) is 12.4 Å². The smallest absolute Gasteiger partial charge is 0.233 e. The summed E-state index contributed by atoms with van der Waals surface area (Å²) in [7, 11) is 1.59. The average molecular weight is 389 g/mol. The van der Waals surface area contributed by atoms with Crippen LogP contribution in [-0.2, 0) is 6.61 Å². The number of hydrogen-bond acceptors (Lipinski definition) is 7. The first-order chi connectivity index (χ1) is 14.2. The molecule has 1 fully saturated rings. The molecule has 2 aliphatic rings. The van der Waals surface area contributed by atoms with Crippen molar-refractivity contribution in [3.63, 3.8) is 0 Å². The Bertz CT molecular complexity index is 1060. The molecule has 0 amide bonds. The number of anilines is 1. The summed E-state index contributed by atoms with van der Waals surface area (Å²) in [5.74, 6) is 2.19. The SMILES string of the molecule is COc1cc(-c2ccc3c(c2)COc2nc(N4CCN[C@H](C)C4)ccc2-3)cnn1. The largest absolute Gasteiger partial charge is 0.480 e. The van der Waals surface area contributed by atoms with Gasteiger partial charge in [0.15, 0.2) is 0 Å². The highest BCUT2D eigenvalue weighted by Gasteiger charge is 2.23. The summed E-state index contributed by atoms with van der Waals surface area (Å²) in [5, 5.41) is 11.4. The van der Waals surface area contributed by atoms with Crippen LogP contribution in [0.5, 0.6) is 11.8 Å². The van der Waals surface area contributed by atoms with E-state index in [1.165, 1.54) is 0 Å². The summed E-state index contributed by atoms with van der Waals surface area (Å²) < 4.78 is 11.2. The minimum Gasteiger partial charge on any atom is -0.480 e. The third-order valence-corrected chi connectivity index (χ3v) is 5.47. The summed E-state index contributed by atoms with van der Waals surface area (Å²) >= 11 is 0. The van der Waals surface area contributed by atoms with Crippen LogP contribution >= 0.6 is 0 Å². The standard InChI is InChI=1S/C22H23N5O2/c1-14-12-27(8-7-23-14)20-6-5-19-18-4-3-15(9-17(18)13-29-22(19)25-20)16-10-21(28-2)26-24-11-16/h3-6,9-11,14,23H,7-8,12-13H2,1-2H3/t14-/m1/s1. The first-order valence-corrected chi connectivity index (χ1v) is 9.84. The van der Waals surface area contributed by atoms with Crippen LogP contribution in [0.15, 0.2) is 42.6 Å². The zero-order valence-corrected chi connectivity index (χ0v) is 16.6. The van der Waals surface area contributed by atoms with Gasteiger partial charge in [-0.2, -0.15) is 10.1 Å². The van der Waals surface area contributed by atoms with Gasteiger partial charge in [0, 0.05) is 42.9 Å². The van der Waals surface area contributed by atoms with Crippen LogP contribution in [0.2, 0.25) is 0 Å². The Kier molecular flexibility index (Phi) is 4.52. The fraction of sp³-hybridized carbons (Fsp3) is 0.318. The number of benzene rings is 1. The Hall–Kier alpha value is -3.19. The minimum absolute atomic E-state index is 0.461. The Morgan fingerprint density at radius 2 is 2.03 bits per heavy atom. The van der Waals surface area contributed by atoms with E-state index in [0.29, 0.717) is 24.4 Å². The predicted octanol–water partition coefficient (Wildman–Crippen LogP) is 2.90. The molecule has 0 saturated carbocycles. The number of piperazine rings is 1. The molecule has 4 heterocycles. The van der Waals surface area contributed by atoms with Gasteiger partial charge < -0.3 is 19.7 Å². The highest BCUT2D eigenvalue weighted by Crippen LogP contribution is 2.39. The van der Waals surface area contributed by atoms with Crippen molar-refractivity contribution in [3.05, 3.63) is 48.2 Å². The summed E-state index contributed by atoms with van der Waals surface area (Å²) in [6.45, 7) is 5.58. The Labute approximate surface area is 169 Å². The molecule has 2 aromatic heterocycles. The number of fused-ring (bicyclic) bond motifs is 3. The zero-order chi connectivity index (χ0) is 19.8. The third kappa shape index (κ3) is 3.38. The maximum Gasteiger partial charge on any atom is 0.233 e. The molecule has 0 aliphatic carbocycles. The average Bonchev–Trinajstić information content (AvgIpc) is 2.78. The van der Waals surface area contributed by atoms with E-state index in [9.17, 15) is 0 Å². The second kappa shape index (κ2) is 7.33.